The number of rotatable bonds is 3. The molecule has 0 unspecified atom stereocenters. The lowest BCUT2D eigenvalue weighted by atomic mass is 10.2. The van der Waals surface area contributed by atoms with Crippen LogP contribution in [0.1, 0.15) is 0 Å². The Kier molecular flexibility index (Phi) is 3.64. The zero-order valence-corrected chi connectivity index (χ0v) is 11.4. The van der Waals surface area contributed by atoms with Gasteiger partial charge >= 0.3 is 0 Å². The van der Waals surface area contributed by atoms with Crippen molar-refractivity contribution in [1.82, 2.24) is 4.98 Å². The van der Waals surface area contributed by atoms with Crippen LogP contribution >= 0.6 is 15.9 Å². The van der Waals surface area contributed by atoms with Crippen LogP contribution in [-0.2, 0) is 0 Å². The molecule has 0 fully saturated rings. The average Bonchev–Trinajstić information content (AvgIpc) is 2.32. The summed E-state index contributed by atoms with van der Waals surface area (Å²) in [5.74, 6) is 0.821. The summed E-state index contributed by atoms with van der Waals surface area (Å²) in [5, 5.41) is 3.32. The fourth-order valence-corrected chi connectivity index (χ4v) is 1.93. The number of aromatic nitrogens is 1. The number of hydrogen-bond donors (Lipinski definition) is 1. The third-order valence-corrected chi connectivity index (χ3v) is 3.04. The van der Waals surface area contributed by atoms with E-state index < -0.39 is 0 Å². The van der Waals surface area contributed by atoms with Gasteiger partial charge in [0.1, 0.15) is 5.82 Å². The second-order valence-electron chi connectivity index (χ2n) is 3.87. The first-order valence-corrected chi connectivity index (χ1v) is 6.11. The van der Waals surface area contributed by atoms with E-state index in [9.17, 15) is 0 Å². The maximum Gasteiger partial charge on any atom is 0.144 e. The van der Waals surface area contributed by atoms with Crippen LogP contribution < -0.4 is 10.2 Å². The van der Waals surface area contributed by atoms with Gasteiger partial charge in [0.2, 0.25) is 0 Å². The van der Waals surface area contributed by atoms with E-state index in [1.165, 1.54) is 0 Å². The first kappa shape index (κ1) is 11.9. The molecule has 0 amide bonds. The molecule has 0 radical (unpaired) electrons. The van der Waals surface area contributed by atoms with Crippen molar-refractivity contribution >= 4 is 33.1 Å². The van der Waals surface area contributed by atoms with Crippen LogP contribution in [0, 0.1) is 0 Å². The number of benzene rings is 1. The summed E-state index contributed by atoms with van der Waals surface area (Å²) >= 11 is 3.48. The van der Waals surface area contributed by atoms with Crippen molar-refractivity contribution in [2.45, 2.75) is 0 Å². The summed E-state index contributed by atoms with van der Waals surface area (Å²) in [6.45, 7) is 0. The molecular formula is C13H14BrN3. The van der Waals surface area contributed by atoms with Crippen molar-refractivity contribution in [1.29, 1.82) is 0 Å². The van der Waals surface area contributed by atoms with Gasteiger partial charge in [-0.15, -0.1) is 0 Å². The van der Waals surface area contributed by atoms with Crippen LogP contribution in [-0.4, -0.2) is 19.1 Å². The number of halogens is 1. The van der Waals surface area contributed by atoms with Gasteiger partial charge in [-0.3, -0.25) is 0 Å². The lowest BCUT2D eigenvalue weighted by Gasteiger charge is -2.18. The highest BCUT2D eigenvalue weighted by atomic mass is 79.9. The van der Waals surface area contributed by atoms with Crippen molar-refractivity contribution in [2.24, 2.45) is 0 Å². The molecule has 88 valence electrons. The standard InChI is InChI=1S/C13H14BrN3/c1-17(2)12-8-4-3-7-11(12)16-13-10(14)6-5-9-15-13/h3-9H,1-2H3,(H,15,16). The van der Waals surface area contributed by atoms with Crippen LogP contribution in [0.2, 0.25) is 0 Å². The van der Waals surface area contributed by atoms with E-state index in [2.05, 4.69) is 37.2 Å². The van der Waals surface area contributed by atoms with E-state index in [-0.39, 0.29) is 0 Å². The molecule has 1 heterocycles. The monoisotopic (exact) mass is 291 g/mol. The van der Waals surface area contributed by atoms with E-state index >= 15 is 0 Å². The zero-order valence-electron chi connectivity index (χ0n) is 9.81. The summed E-state index contributed by atoms with van der Waals surface area (Å²) < 4.78 is 0.952. The van der Waals surface area contributed by atoms with E-state index in [0.29, 0.717) is 0 Å². The Labute approximate surface area is 110 Å². The fraction of sp³-hybridized carbons (Fsp3) is 0.154. The highest BCUT2D eigenvalue weighted by Gasteiger charge is 2.06. The number of anilines is 3. The van der Waals surface area contributed by atoms with Gasteiger partial charge < -0.3 is 10.2 Å². The van der Waals surface area contributed by atoms with Gasteiger partial charge in [-0.2, -0.15) is 0 Å². The van der Waals surface area contributed by atoms with E-state index in [4.69, 9.17) is 0 Å². The fourth-order valence-electron chi connectivity index (χ4n) is 1.57. The van der Waals surface area contributed by atoms with E-state index in [1.54, 1.807) is 6.20 Å². The topological polar surface area (TPSA) is 28.2 Å². The molecule has 4 heteroatoms. The second-order valence-corrected chi connectivity index (χ2v) is 4.72. The molecule has 1 aromatic carbocycles. The quantitative estimate of drug-likeness (QED) is 0.936. The molecule has 0 aliphatic rings. The minimum Gasteiger partial charge on any atom is -0.376 e. The van der Waals surface area contributed by atoms with Crippen LogP contribution in [0.25, 0.3) is 0 Å². The molecule has 0 aliphatic heterocycles. The molecule has 0 bridgehead atoms. The van der Waals surface area contributed by atoms with Crippen molar-refractivity contribution in [3.8, 4) is 0 Å². The largest absolute Gasteiger partial charge is 0.376 e. The maximum atomic E-state index is 4.30. The third-order valence-electron chi connectivity index (χ3n) is 2.40. The SMILES string of the molecule is CN(C)c1ccccc1Nc1ncccc1Br. The van der Waals surface area contributed by atoms with Gasteiger partial charge in [-0.25, -0.2) is 4.98 Å². The molecule has 1 aromatic heterocycles. The molecule has 0 atom stereocenters. The van der Waals surface area contributed by atoms with Gasteiger partial charge in [0.05, 0.1) is 15.8 Å². The Balaban J connectivity index is 2.34. The summed E-state index contributed by atoms with van der Waals surface area (Å²) in [4.78, 5) is 6.37. The van der Waals surface area contributed by atoms with Crippen LogP contribution in [0.3, 0.4) is 0 Å². The second kappa shape index (κ2) is 5.19. The minimum absolute atomic E-state index is 0.821. The van der Waals surface area contributed by atoms with Gasteiger partial charge in [0, 0.05) is 20.3 Å². The zero-order chi connectivity index (χ0) is 12.3. The Morgan fingerprint density at radius 1 is 1.12 bits per heavy atom. The smallest absolute Gasteiger partial charge is 0.144 e. The lowest BCUT2D eigenvalue weighted by molar-refractivity contribution is 1.13. The van der Waals surface area contributed by atoms with Crippen LogP contribution in [0.15, 0.2) is 47.1 Å². The molecule has 1 N–H and O–H groups in total. The summed E-state index contributed by atoms with van der Waals surface area (Å²) in [6.07, 6.45) is 1.77. The van der Waals surface area contributed by atoms with Gasteiger partial charge in [0.25, 0.3) is 0 Å². The third kappa shape index (κ3) is 2.77. The Morgan fingerprint density at radius 3 is 2.59 bits per heavy atom. The molecule has 17 heavy (non-hydrogen) atoms. The molecule has 0 saturated heterocycles. The van der Waals surface area contributed by atoms with Gasteiger partial charge in [0.15, 0.2) is 0 Å². The van der Waals surface area contributed by atoms with E-state index in [0.717, 1.165) is 21.7 Å². The summed E-state index contributed by atoms with van der Waals surface area (Å²) in [7, 11) is 4.04. The van der Waals surface area contributed by atoms with Crippen molar-refractivity contribution in [2.75, 3.05) is 24.3 Å². The highest BCUT2D eigenvalue weighted by Crippen LogP contribution is 2.29. The summed E-state index contributed by atoms with van der Waals surface area (Å²) in [5.41, 5.74) is 2.17. The molecule has 2 aromatic rings. The average molecular weight is 292 g/mol. The molecule has 0 spiro atoms. The number of hydrogen-bond acceptors (Lipinski definition) is 3. The lowest BCUT2D eigenvalue weighted by Crippen LogP contribution is -2.11. The summed E-state index contributed by atoms with van der Waals surface area (Å²) in [6, 6.07) is 12.0. The van der Waals surface area contributed by atoms with Gasteiger partial charge in [-0.1, -0.05) is 12.1 Å². The molecule has 0 saturated carbocycles. The van der Waals surface area contributed by atoms with Crippen molar-refractivity contribution in [3.05, 3.63) is 47.1 Å². The number of nitrogens with one attached hydrogen (secondary N) is 1. The van der Waals surface area contributed by atoms with Crippen molar-refractivity contribution in [3.63, 3.8) is 0 Å². The minimum atomic E-state index is 0.821. The van der Waals surface area contributed by atoms with Gasteiger partial charge in [-0.05, 0) is 40.2 Å². The first-order chi connectivity index (χ1) is 8.18. The van der Waals surface area contributed by atoms with Crippen LogP contribution in [0.5, 0.6) is 0 Å². The maximum absolute atomic E-state index is 4.30. The molecule has 2 rings (SSSR count). The van der Waals surface area contributed by atoms with Crippen molar-refractivity contribution < 1.29 is 0 Å². The predicted octanol–water partition coefficient (Wildman–Crippen LogP) is 3.65. The Morgan fingerprint density at radius 2 is 1.88 bits per heavy atom. The number of para-hydroxylation sites is 2. The Hall–Kier alpha value is -1.55. The van der Waals surface area contributed by atoms with Crippen LogP contribution in [0.4, 0.5) is 17.2 Å². The molecule has 0 aliphatic carbocycles. The van der Waals surface area contributed by atoms with E-state index in [1.807, 2.05) is 44.4 Å². The normalized spacial score (nSPS) is 10.1. The number of nitrogens with zero attached hydrogens (tertiary/aromatic N) is 2. The molecule has 3 nitrogen and oxygen atoms in total. The number of pyridine rings is 1. The highest BCUT2D eigenvalue weighted by molar-refractivity contribution is 9.10. The first-order valence-electron chi connectivity index (χ1n) is 5.32. The Bertz CT molecular complexity index is 512. The predicted molar refractivity (Wildman–Crippen MR) is 76.0 cm³/mol. The molecular weight excluding hydrogens is 278 g/mol.